The number of nitrogens with one attached hydrogen (secondary N) is 1. The molecule has 1 N–H and O–H groups in total. The number of aromatic nitrogens is 2. The third-order valence-corrected chi connectivity index (χ3v) is 11.1. The highest BCUT2D eigenvalue weighted by Gasteiger charge is 2.45. The number of hydrogen-bond donors (Lipinski definition) is 1. The maximum atomic E-state index is 14.3. The lowest BCUT2D eigenvalue weighted by molar-refractivity contribution is -0.0436. The van der Waals surface area contributed by atoms with Crippen LogP contribution in [0.15, 0.2) is 30.7 Å². The van der Waals surface area contributed by atoms with E-state index in [0.29, 0.717) is 35.4 Å². The van der Waals surface area contributed by atoms with Gasteiger partial charge in [-0.05, 0) is 102 Å². The molecule has 3 aliphatic rings. The molecule has 1 aromatic heterocycles. The average molecular weight is 645 g/mol. The minimum Gasteiger partial charge on any atom is -0.451 e. The van der Waals surface area contributed by atoms with E-state index >= 15 is 0 Å². The summed E-state index contributed by atoms with van der Waals surface area (Å²) in [6, 6.07) is 3.93. The van der Waals surface area contributed by atoms with E-state index in [1.165, 1.54) is 37.4 Å². The molecule has 0 unspecified atom stereocenters. The second-order valence-corrected chi connectivity index (χ2v) is 15.9. The zero-order valence-corrected chi connectivity index (χ0v) is 28.2. The van der Waals surface area contributed by atoms with E-state index in [-0.39, 0.29) is 35.1 Å². The van der Waals surface area contributed by atoms with E-state index in [2.05, 4.69) is 24.5 Å². The molecule has 1 spiro atoms. The van der Waals surface area contributed by atoms with Crippen LogP contribution in [0.5, 0.6) is 11.5 Å². The lowest BCUT2D eigenvalue weighted by Gasteiger charge is -2.54. The van der Waals surface area contributed by atoms with Crippen molar-refractivity contribution in [3.63, 3.8) is 0 Å². The van der Waals surface area contributed by atoms with Crippen LogP contribution in [0.3, 0.4) is 0 Å². The largest absolute Gasteiger partial charge is 0.451 e. The van der Waals surface area contributed by atoms with E-state index in [1.807, 2.05) is 27.7 Å². The summed E-state index contributed by atoms with van der Waals surface area (Å²) in [7, 11) is -3.13. The Morgan fingerprint density at radius 2 is 1.82 bits per heavy atom. The third kappa shape index (κ3) is 7.94. The molecule has 45 heavy (non-hydrogen) atoms. The number of carbonyl (C=O) groups is 1. The number of ether oxygens (including phenoxy) is 1. The Hall–Kier alpha value is -2.83. The summed E-state index contributed by atoms with van der Waals surface area (Å²) in [5, 5.41) is 0. The lowest BCUT2D eigenvalue weighted by Crippen LogP contribution is -2.58. The number of carbonyl (C=O) groups excluding carboxylic acids is 1. The van der Waals surface area contributed by atoms with Gasteiger partial charge < -0.3 is 19.4 Å². The van der Waals surface area contributed by atoms with Crippen LogP contribution in [0.4, 0.5) is 10.2 Å². The molecular formula is C33H49FN6O4S. The molecule has 1 aliphatic carbocycles. The van der Waals surface area contributed by atoms with Crippen molar-refractivity contribution in [2.24, 2.45) is 17.3 Å². The Kier molecular flexibility index (Phi) is 10.3. The molecule has 3 fully saturated rings. The first-order valence-electron chi connectivity index (χ1n) is 16.4. The summed E-state index contributed by atoms with van der Waals surface area (Å²) in [5.41, 5.74) is 0.561. The molecule has 2 saturated heterocycles. The summed E-state index contributed by atoms with van der Waals surface area (Å²) in [5.74, 6) is 1.70. The Morgan fingerprint density at radius 1 is 1.11 bits per heavy atom. The van der Waals surface area contributed by atoms with Gasteiger partial charge in [-0.15, -0.1) is 0 Å². The summed E-state index contributed by atoms with van der Waals surface area (Å²) < 4.78 is 47.0. The number of sulfonamides is 1. The van der Waals surface area contributed by atoms with Crippen LogP contribution >= 0.6 is 0 Å². The van der Waals surface area contributed by atoms with E-state index in [4.69, 9.17) is 4.74 Å². The Balaban J connectivity index is 1.17. The highest BCUT2D eigenvalue weighted by atomic mass is 32.2. The van der Waals surface area contributed by atoms with E-state index in [0.717, 1.165) is 52.0 Å². The highest BCUT2D eigenvalue weighted by Crippen LogP contribution is 2.46. The number of nitrogens with zero attached hydrogens (tertiary/aromatic N) is 5. The van der Waals surface area contributed by atoms with Crippen molar-refractivity contribution < 1.29 is 22.3 Å². The van der Waals surface area contributed by atoms with Crippen molar-refractivity contribution in [1.29, 1.82) is 0 Å². The molecule has 1 saturated carbocycles. The maximum absolute atomic E-state index is 14.3. The van der Waals surface area contributed by atoms with E-state index < -0.39 is 15.8 Å². The minimum absolute atomic E-state index is 0.0592. The van der Waals surface area contributed by atoms with Gasteiger partial charge in [0.15, 0.2) is 11.6 Å². The fourth-order valence-corrected chi connectivity index (χ4v) is 8.12. The zero-order valence-electron chi connectivity index (χ0n) is 27.3. The van der Waals surface area contributed by atoms with Crippen molar-refractivity contribution in [3.05, 3.63) is 42.1 Å². The third-order valence-electron chi connectivity index (χ3n) is 9.76. The second kappa shape index (κ2) is 13.9. The highest BCUT2D eigenvalue weighted by molar-refractivity contribution is 7.89. The smallest absolute Gasteiger partial charge is 0.258 e. The van der Waals surface area contributed by atoms with Crippen molar-refractivity contribution in [2.45, 2.75) is 78.8 Å². The van der Waals surface area contributed by atoms with Gasteiger partial charge in [0.25, 0.3) is 5.91 Å². The normalized spacial score (nSPS) is 20.6. The van der Waals surface area contributed by atoms with Crippen LogP contribution in [-0.4, -0.2) is 91.2 Å². The zero-order chi connectivity index (χ0) is 32.4. The summed E-state index contributed by atoms with van der Waals surface area (Å²) in [6.45, 7) is 15.0. The number of anilines is 1. The number of benzene rings is 1. The Bertz CT molecular complexity index is 1430. The fourth-order valence-electron chi connectivity index (χ4n) is 7.43. The molecule has 5 rings (SSSR count). The first-order chi connectivity index (χ1) is 21.4. The number of halogens is 1. The van der Waals surface area contributed by atoms with Gasteiger partial charge in [0.2, 0.25) is 10.0 Å². The Morgan fingerprint density at radius 3 is 2.49 bits per heavy atom. The molecule has 2 aromatic rings. The van der Waals surface area contributed by atoms with E-state index in [9.17, 15) is 17.6 Å². The van der Waals surface area contributed by atoms with Crippen LogP contribution in [0.25, 0.3) is 0 Å². The Labute approximate surface area is 267 Å². The van der Waals surface area contributed by atoms with Crippen molar-refractivity contribution in [3.8, 4) is 11.5 Å². The average Bonchev–Trinajstić information content (AvgIpc) is 3.45. The topological polar surface area (TPSA) is 108 Å². The van der Waals surface area contributed by atoms with Crippen LogP contribution in [-0.2, 0) is 10.0 Å². The molecule has 0 bridgehead atoms. The van der Waals surface area contributed by atoms with Gasteiger partial charge in [-0.1, -0.05) is 0 Å². The van der Waals surface area contributed by atoms with Gasteiger partial charge in [0.1, 0.15) is 17.9 Å². The molecular weight excluding hydrogens is 595 g/mol. The molecule has 3 heterocycles. The minimum atomic E-state index is -3.13. The van der Waals surface area contributed by atoms with Crippen molar-refractivity contribution >= 4 is 21.7 Å². The van der Waals surface area contributed by atoms with Crippen LogP contribution in [0, 0.1) is 23.1 Å². The number of likely N-dealkylation sites (tertiary alicyclic amines) is 1. The summed E-state index contributed by atoms with van der Waals surface area (Å²) in [6.07, 6.45) is 8.67. The van der Waals surface area contributed by atoms with Crippen molar-refractivity contribution in [2.75, 3.05) is 49.9 Å². The van der Waals surface area contributed by atoms with Gasteiger partial charge in [-0.25, -0.2) is 27.5 Å². The standard InChI is InChI=1S/C33H49FN6O4S/c1-6-45(42,43)37-16-25-9-12-33(13-10-25)20-38(21-33)18-26-11-14-39(19-26)31-30(17-35-22-36-31)44-29-8-7-27(34)15-28(29)32(41)40(23(2)3)24(4)5/h7-8,15,17,22-26,37H,6,9-14,16,18-21H2,1-5H3/t26-/m0/s1. The van der Waals surface area contributed by atoms with Crippen LogP contribution in [0.1, 0.15) is 77.1 Å². The van der Waals surface area contributed by atoms with Crippen LogP contribution < -0.4 is 14.4 Å². The molecule has 1 atom stereocenters. The first-order valence-corrected chi connectivity index (χ1v) is 18.1. The predicted molar refractivity (Wildman–Crippen MR) is 174 cm³/mol. The maximum Gasteiger partial charge on any atom is 0.258 e. The molecule has 1 aromatic carbocycles. The van der Waals surface area contributed by atoms with Gasteiger partial charge >= 0.3 is 0 Å². The van der Waals surface area contributed by atoms with Crippen molar-refractivity contribution in [1.82, 2.24) is 24.5 Å². The SMILES string of the molecule is CCS(=O)(=O)NCC1CCC2(CC1)CN(C[C@@H]1CCN(c3ncncc3Oc3ccc(F)cc3C(=O)N(C(C)C)C(C)C)C1)C2. The number of rotatable bonds is 12. The van der Waals surface area contributed by atoms with Crippen LogP contribution in [0.2, 0.25) is 0 Å². The quantitative estimate of drug-likeness (QED) is 0.347. The number of amides is 1. The van der Waals surface area contributed by atoms with Gasteiger partial charge in [0, 0.05) is 51.4 Å². The molecule has 0 radical (unpaired) electrons. The first kappa shape index (κ1) is 33.5. The predicted octanol–water partition coefficient (Wildman–Crippen LogP) is 4.92. The lowest BCUT2D eigenvalue weighted by atomic mass is 9.66. The fraction of sp³-hybridized carbons (Fsp3) is 0.667. The monoisotopic (exact) mass is 644 g/mol. The second-order valence-electron chi connectivity index (χ2n) is 13.8. The van der Waals surface area contributed by atoms with Gasteiger partial charge in [0.05, 0.1) is 17.5 Å². The summed E-state index contributed by atoms with van der Waals surface area (Å²) in [4.78, 5) is 28.8. The molecule has 1 amide bonds. The molecule has 12 heteroatoms. The molecule has 248 valence electrons. The van der Waals surface area contributed by atoms with E-state index in [1.54, 1.807) is 18.0 Å². The van der Waals surface area contributed by atoms with Gasteiger partial charge in [-0.3, -0.25) is 4.79 Å². The summed E-state index contributed by atoms with van der Waals surface area (Å²) >= 11 is 0. The molecule has 2 aliphatic heterocycles. The van der Waals surface area contributed by atoms with Gasteiger partial charge in [-0.2, -0.15) is 0 Å². The molecule has 10 nitrogen and oxygen atoms in total. The number of hydrogen-bond acceptors (Lipinski definition) is 8.